The van der Waals surface area contributed by atoms with E-state index >= 15 is 0 Å². The normalized spacial score (nSPS) is 10.8. The standard InChI is InChI=1S/C22H14Cl2N4O4/c23-13-6-9-16(15(24)11-13)26-22(30)18-17-3-1-2-10-27(17)20(19(18)25)21(29)12-4-7-14(8-5-12)28(31)32/h1-11H,25H2,(H,26,30). The van der Waals surface area contributed by atoms with Gasteiger partial charge in [-0.15, -0.1) is 0 Å². The fourth-order valence-electron chi connectivity index (χ4n) is 3.35. The van der Waals surface area contributed by atoms with Crippen molar-refractivity contribution in [2.24, 2.45) is 0 Å². The third kappa shape index (κ3) is 3.77. The van der Waals surface area contributed by atoms with E-state index in [1.54, 1.807) is 36.5 Å². The zero-order valence-electron chi connectivity index (χ0n) is 16.2. The van der Waals surface area contributed by atoms with E-state index in [2.05, 4.69) is 5.32 Å². The van der Waals surface area contributed by atoms with Gasteiger partial charge in [-0.3, -0.25) is 19.7 Å². The Morgan fingerprint density at radius 2 is 1.75 bits per heavy atom. The van der Waals surface area contributed by atoms with Crippen molar-refractivity contribution in [2.75, 3.05) is 11.1 Å². The number of nitro benzene ring substituents is 1. The van der Waals surface area contributed by atoms with E-state index in [1.165, 1.54) is 34.7 Å². The molecule has 4 aromatic rings. The molecule has 0 bridgehead atoms. The summed E-state index contributed by atoms with van der Waals surface area (Å²) in [5.74, 6) is -1.04. The molecule has 0 aliphatic heterocycles. The summed E-state index contributed by atoms with van der Waals surface area (Å²) in [6, 6.07) is 14.8. The van der Waals surface area contributed by atoms with Gasteiger partial charge in [0.15, 0.2) is 0 Å². The lowest BCUT2D eigenvalue weighted by molar-refractivity contribution is -0.384. The maximum atomic E-state index is 13.2. The predicted molar refractivity (Wildman–Crippen MR) is 123 cm³/mol. The first-order chi connectivity index (χ1) is 15.3. The minimum atomic E-state index is -0.557. The Bertz CT molecular complexity index is 1400. The first-order valence-corrected chi connectivity index (χ1v) is 9.97. The van der Waals surface area contributed by atoms with Gasteiger partial charge in [-0.05, 0) is 42.5 Å². The number of rotatable bonds is 5. The molecule has 2 heterocycles. The van der Waals surface area contributed by atoms with Gasteiger partial charge in [0.1, 0.15) is 5.69 Å². The number of carbonyl (C=O) groups excluding carboxylic acids is 2. The summed E-state index contributed by atoms with van der Waals surface area (Å²) >= 11 is 12.1. The molecule has 1 amide bonds. The van der Waals surface area contributed by atoms with Crippen molar-refractivity contribution in [2.45, 2.75) is 0 Å². The number of non-ortho nitro benzene ring substituents is 1. The van der Waals surface area contributed by atoms with Crippen LogP contribution in [0, 0.1) is 10.1 Å². The summed E-state index contributed by atoms with van der Waals surface area (Å²) in [6.45, 7) is 0. The molecule has 3 N–H and O–H groups in total. The molecule has 0 saturated carbocycles. The highest BCUT2D eigenvalue weighted by atomic mass is 35.5. The van der Waals surface area contributed by atoms with Crippen molar-refractivity contribution in [3.63, 3.8) is 0 Å². The van der Waals surface area contributed by atoms with Crippen LogP contribution in [0.15, 0.2) is 66.9 Å². The highest BCUT2D eigenvalue weighted by Crippen LogP contribution is 2.31. The summed E-state index contributed by atoms with van der Waals surface area (Å²) in [6.07, 6.45) is 1.61. The lowest BCUT2D eigenvalue weighted by Gasteiger charge is -2.08. The first kappa shape index (κ1) is 21.4. The third-order valence-corrected chi connectivity index (χ3v) is 5.39. The van der Waals surface area contributed by atoms with Gasteiger partial charge in [-0.1, -0.05) is 29.3 Å². The van der Waals surface area contributed by atoms with Crippen molar-refractivity contribution in [1.82, 2.24) is 4.40 Å². The second kappa shape index (κ2) is 8.33. The number of hydrogen-bond donors (Lipinski definition) is 2. The van der Waals surface area contributed by atoms with Crippen molar-refractivity contribution in [3.05, 3.63) is 104 Å². The van der Waals surface area contributed by atoms with Gasteiger partial charge in [0, 0.05) is 28.9 Å². The topological polar surface area (TPSA) is 120 Å². The average molecular weight is 469 g/mol. The molecule has 0 fully saturated rings. The van der Waals surface area contributed by atoms with Crippen LogP contribution in [0.3, 0.4) is 0 Å². The number of nitro groups is 1. The zero-order valence-corrected chi connectivity index (χ0v) is 17.7. The number of hydrogen-bond acceptors (Lipinski definition) is 5. The Morgan fingerprint density at radius 1 is 1.03 bits per heavy atom. The van der Waals surface area contributed by atoms with Crippen LogP contribution in [0.1, 0.15) is 26.4 Å². The number of ketones is 1. The van der Waals surface area contributed by atoms with E-state index in [1.807, 2.05) is 0 Å². The molecule has 32 heavy (non-hydrogen) atoms. The van der Waals surface area contributed by atoms with Crippen LogP contribution < -0.4 is 11.1 Å². The number of nitrogens with two attached hydrogens (primary N) is 1. The van der Waals surface area contributed by atoms with Gasteiger partial charge in [-0.25, -0.2) is 0 Å². The van der Waals surface area contributed by atoms with Crippen LogP contribution >= 0.6 is 23.2 Å². The molecule has 0 atom stereocenters. The quantitative estimate of drug-likeness (QED) is 0.236. The van der Waals surface area contributed by atoms with Crippen LogP contribution in [0.25, 0.3) is 5.52 Å². The second-order valence-electron chi connectivity index (χ2n) is 6.80. The predicted octanol–water partition coefficient (Wildman–Crippen LogP) is 5.22. The van der Waals surface area contributed by atoms with Crippen LogP contribution in [-0.4, -0.2) is 21.0 Å². The smallest absolute Gasteiger partial charge is 0.269 e. The largest absolute Gasteiger partial charge is 0.396 e. The molecule has 0 unspecified atom stereocenters. The van der Waals surface area contributed by atoms with E-state index in [-0.39, 0.29) is 33.2 Å². The first-order valence-electron chi connectivity index (χ1n) is 9.22. The molecular formula is C22H14Cl2N4O4. The summed E-state index contributed by atoms with van der Waals surface area (Å²) in [4.78, 5) is 36.6. The fraction of sp³-hybridized carbons (Fsp3) is 0. The van der Waals surface area contributed by atoms with Gasteiger partial charge in [0.25, 0.3) is 11.6 Å². The zero-order chi connectivity index (χ0) is 23.0. The Hall–Kier alpha value is -3.88. The molecule has 0 saturated heterocycles. The van der Waals surface area contributed by atoms with Gasteiger partial charge >= 0.3 is 0 Å². The molecule has 160 valence electrons. The van der Waals surface area contributed by atoms with E-state index in [0.717, 1.165) is 0 Å². The Morgan fingerprint density at radius 3 is 2.41 bits per heavy atom. The van der Waals surface area contributed by atoms with Gasteiger partial charge < -0.3 is 15.5 Å². The Kier molecular flexibility index (Phi) is 5.56. The van der Waals surface area contributed by atoms with Crippen molar-refractivity contribution < 1.29 is 14.5 Å². The second-order valence-corrected chi connectivity index (χ2v) is 7.65. The van der Waals surface area contributed by atoms with Crippen molar-refractivity contribution in [1.29, 1.82) is 0 Å². The number of pyridine rings is 1. The number of aromatic nitrogens is 1. The highest BCUT2D eigenvalue weighted by Gasteiger charge is 2.26. The van der Waals surface area contributed by atoms with E-state index < -0.39 is 16.6 Å². The number of fused-ring (bicyclic) bond motifs is 1. The number of halogens is 2. The monoisotopic (exact) mass is 468 g/mol. The van der Waals surface area contributed by atoms with Gasteiger partial charge in [-0.2, -0.15) is 0 Å². The van der Waals surface area contributed by atoms with E-state index in [9.17, 15) is 19.7 Å². The maximum absolute atomic E-state index is 13.2. The summed E-state index contributed by atoms with van der Waals surface area (Å²) < 4.78 is 1.51. The number of anilines is 2. The SMILES string of the molecule is Nc1c(C(=O)Nc2ccc(Cl)cc2Cl)c2ccccn2c1C(=O)c1ccc([N+](=O)[O-])cc1. The Balaban J connectivity index is 1.78. The van der Waals surface area contributed by atoms with Crippen molar-refractivity contribution >= 4 is 57.5 Å². The molecule has 0 aliphatic rings. The number of benzene rings is 2. The lowest BCUT2D eigenvalue weighted by Crippen LogP contribution is -2.14. The fourth-order valence-corrected chi connectivity index (χ4v) is 3.80. The molecule has 8 nitrogen and oxygen atoms in total. The van der Waals surface area contributed by atoms with Crippen LogP contribution in [0.4, 0.5) is 17.1 Å². The molecule has 4 rings (SSSR count). The molecular weight excluding hydrogens is 455 g/mol. The molecule has 2 aromatic heterocycles. The number of nitrogens with zero attached hydrogens (tertiary/aromatic N) is 2. The van der Waals surface area contributed by atoms with E-state index in [4.69, 9.17) is 28.9 Å². The number of nitrogen functional groups attached to an aromatic ring is 1. The molecule has 2 aromatic carbocycles. The maximum Gasteiger partial charge on any atom is 0.269 e. The summed E-state index contributed by atoms with van der Waals surface area (Å²) in [5, 5.41) is 14.2. The number of amides is 1. The van der Waals surface area contributed by atoms with Gasteiger partial charge in [0.05, 0.1) is 32.4 Å². The third-order valence-electron chi connectivity index (χ3n) is 4.84. The number of nitrogens with one attached hydrogen (secondary N) is 1. The lowest BCUT2D eigenvalue weighted by atomic mass is 10.1. The van der Waals surface area contributed by atoms with Crippen LogP contribution in [0.2, 0.25) is 10.0 Å². The Labute approximate surface area is 191 Å². The summed E-state index contributed by atoms with van der Waals surface area (Å²) in [7, 11) is 0. The number of carbonyl (C=O) groups is 2. The molecule has 0 spiro atoms. The van der Waals surface area contributed by atoms with Gasteiger partial charge in [0.2, 0.25) is 5.78 Å². The highest BCUT2D eigenvalue weighted by molar-refractivity contribution is 6.37. The van der Waals surface area contributed by atoms with Crippen LogP contribution in [0.5, 0.6) is 0 Å². The molecule has 0 radical (unpaired) electrons. The van der Waals surface area contributed by atoms with Crippen LogP contribution in [-0.2, 0) is 0 Å². The van der Waals surface area contributed by atoms with E-state index in [0.29, 0.717) is 16.2 Å². The average Bonchev–Trinajstić information content (AvgIpc) is 3.07. The molecule has 10 heteroatoms. The molecule has 0 aliphatic carbocycles. The minimum Gasteiger partial charge on any atom is -0.396 e. The summed E-state index contributed by atoms with van der Waals surface area (Å²) in [5.41, 5.74) is 7.22. The van der Waals surface area contributed by atoms with Crippen molar-refractivity contribution in [3.8, 4) is 0 Å². The minimum absolute atomic E-state index is 0.0258.